The van der Waals surface area contributed by atoms with Gasteiger partial charge in [0.05, 0.1) is 30.1 Å². The molecule has 29 heavy (non-hydrogen) atoms. The van der Waals surface area contributed by atoms with Crippen molar-refractivity contribution >= 4 is 34.4 Å². The minimum atomic E-state index is -0.288. The summed E-state index contributed by atoms with van der Waals surface area (Å²) < 4.78 is 5.47. The number of amides is 1. The van der Waals surface area contributed by atoms with E-state index in [2.05, 4.69) is 10.5 Å². The summed E-state index contributed by atoms with van der Waals surface area (Å²) in [6.45, 7) is 2.03. The molecule has 6 heteroatoms. The monoisotopic (exact) mass is 401 g/mol. The van der Waals surface area contributed by atoms with Gasteiger partial charge in [-0.3, -0.25) is 4.79 Å². The largest absolute Gasteiger partial charge is 0.496 e. The van der Waals surface area contributed by atoms with Crippen molar-refractivity contribution < 1.29 is 9.53 Å². The molecule has 1 N–H and O–H groups in total. The maximum Gasteiger partial charge on any atom is 0.272 e. The number of nitrogens with zero attached hydrogens (tertiary/aromatic N) is 2. The van der Waals surface area contributed by atoms with Crippen molar-refractivity contribution in [1.29, 1.82) is 0 Å². The number of benzene rings is 2. The van der Waals surface area contributed by atoms with E-state index < -0.39 is 0 Å². The average Bonchev–Trinajstić information content (AvgIpc) is 3.17. The fourth-order valence-corrected chi connectivity index (χ4v) is 3.84. The SMILES string of the molecule is COc1ccccc1-c1cc(C(=O)NN=Cc2ccc(C)s2)c2ccccc2n1. The van der Waals surface area contributed by atoms with Crippen LogP contribution in [0.4, 0.5) is 0 Å². The number of aryl methyl sites for hydroxylation is 1. The molecule has 2 aromatic heterocycles. The predicted molar refractivity (Wildman–Crippen MR) is 118 cm³/mol. The molecule has 4 aromatic rings. The molecule has 0 unspecified atom stereocenters. The van der Waals surface area contributed by atoms with E-state index in [0.29, 0.717) is 17.0 Å². The van der Waals surface area contributed by atoms with Crippen LogP contribution in [0.5, 0.6) is 5.75 Å². The van der Waals surface area contributed by atoms with E-state index in [1.165, 1.54) is 4.88 Å². The zero-order valence-electron chi connectivity index (χ0n) is 16.0. The third kappa shape index (κ3) is 4.02. The maximum atomic E-state index is 12.9. The highest BCUT2D eigenvalue weighted by Crippen LogP contribution is 2.31. The fraction of sp³-hybridized carbons (Fsp3) is 0.0870. The number of carbonyl (C=O) groups excluding carboxylic acids is 1. The Bertz CT molecular complexity index is 1210. The molecule has 2 aromatic carbocycles. The molecule has 2 heterocycles. The van der Waals surface area contributed by atoms with Gasteiger partial charge in [-0.05, 0) is 43.3 Å². The molecule has 0 aliphatic rings. The first kappa shape index (κ1) is 18.8. The van der Waals surface area contributed by atoms with E-state index in [-0.39, 0.29) is 5.91 Å². The second-order valence-electron chi connectivity index (χ2n) is 6.42. The summed E-state index contributed by atoms with van der Waals surface area (Å²) >= 11 is 1.62. The van der Waals surface area contributed by atoms with Crippen molar-refractivity contribution in [2.45, 2.75) is 6.92 Å². The number of ether oxygens (including phenoxy) is 1. The fourth-order valence-electron chi connectivity index (χ4n) is 3.10. The molecule has 0 saturated heterocycles. The molecule has 1 amide bonds. The van der Waals surface area contributed by atoms with Crippen LogP contribution < -0.4 is 10.2 Å². The van der Waals surface area contributed by atoms with E-state index in [0.717, 1.165) is 21.3 Å². The second-order valence-corrected chi connectivity index (χ2v) is 7.74. The molecule has 4 rings (SSSR count). The standard InChI is InChI=1S/C23H19N3O2S/c1-15-11-12-16(29-15)14-24-26-23(27)19-13-21(18-8-4-6-10-22(18)28-2)25-20-9-5-3-7-17(19)20/h3-14H,1-2H3,(H,26,27). The Morgan fingerprint density at radius 2 is 1.90 bits per heavy atom. The number of hydrazone groups is 1. The topological polar surface area (TPSA) is 63.6 Å². The Balaban J connectivity index is 1.72. The molecule has 0 saturated carbocycles. The van der Waals surface area contributed by atoms with Gasteiger partial charge in [-0.25, -0.2) is 10.4 Å². The molecule has 0 radical (unpaired) electrons. The number of rotatable bonds is 5. The number of hydrogen-bond acceptors (Lipinski definition) is 5. The van der Waals surface area contributed by atoms with Gasteiger partial charge in [-0.15, -0.1) is 11.3 Å². The molecule has 144 valence electrons. The summed E-state index contributed by atoms with van der Waals surface area (Å²) in [5, 5.41) is 4.88. The summed E-state index contributed by atoms with van der Waals surface area (Å²) in [4.78, 5) is 19.8. The third-order valence-corrected chi connectivity index (χ3v) is 5.40. The average molecular weight is 401 g/mol. The summed E-state index contributed by atoms with van der Waals surface area (Å²) in [6.07, 6.45) is 1.65. The molecule has 0 fully saturated rings. The molecule has 0 aliphatic heterocycles. The first-order valence-corrected chi connectivity index (χ1v) is 9.90. The minimum absolute atomic E-state index is 0.288. The smallest absolute Gasteiger partial charge is 0.272 e. The van der Waals surface area contributed by atoms with Gasteiger partial charge < -0.3 is 4.74 Å². The second kappa shape index (κ2) is 8.24. The van der Waals surface area contributed by atoms with E-state index >= 15 is 0 Å². The van der Waals surface area contributed by atoms with Crippen molar-refractivity contribution in [3.8, 4) is 17.0 Å². The van der Waals surface area contributed by atoms with Crippen molar-refractivity contribution in [2.24, 2.45) is 5.10 Å². The lowest BCUT2D eigenvalue weighted by Crippen LogP contribution is -2.18. The molecule has 0 spiro atoms. The van der Waals surface area contributed by atoms with Gasteiger partial charge in [0.15, 0.2) is 0 Å². The van der Waals surface area contributed by atoms with Gasteiger partial charge in [0, 0.05) is 20.7 Å². The Kier molecular flexibility index (Phi) is 5.35. The molecule has 0 bridgehead atoms. The number of fused-ring (bicyclic) bond motifs is 1. The summed E-state index contributed by atoms with van der Waals surface area (Å²) in [5.41, 5.74) is 5.38. The van der Waals surface area contributed by atoms with Crippen molar-refractivity contribution in [1.82, 2.24) is 10.4 Å². The quantitative estimate of drug-likeness (QED) is 0.376. The molecule has 0 aliphatic carbocycles. The highest BCUT2D eigenvalue weighted by molar-refractivity contribution is 7.13. The normalized spacial score (nSPS) is 11.1. The van der Waals surface area contributed by atoms with Crippen LogP contribution in [0.3, 0.4) is 0 Å². The Morgan fingerprint density at radius 1 is 1.10 bits per heavy atom. The van der Waals surface area contributed by atoms with Crippen LogP contribution in [0.15, 0.2) is 71.8 Å². The van der Waals surface area contributed by atoms with E-state index in [1.54, 1.807) is 30.7 Å². The molecule has 0 atom stereocenters. The van der Waals surface area contributed by atoms with Crippen LogP contribution >= 0.6 is 11.3 Å². The lowest BCUT2D eigenvalue weighted by atomic mass is 10.0. The van der Waals surface area contributed by atoms with E-state index in [1.807, 2.05) is 67.6 Å². The highest BCUT2D eigenvalue weighted by Gasteiger charge is 2.15. The highest BCUT2D eigenvalue weighted by atomic mass is 32.1. The van der Waals surface area contributed by atoms with Gasteiger partial charge in [0.1, 0.15) is 5.75 Å². The number of thiophene rings is 1. The summed E-state index contributed by atoms with van der Waals surface area (Å²) in [6, 6.07) is 21.0. The predicted octanol–water partition coefficient (Wildman–Crippen LogP) is 5.04. The van der Waals surface area contributed by atoms with Crippen LogP contribution in [0.25, 0.3) is 22.2 Å². The first-order chi connectivity index (χ1) is 14.2. The number of nitrogens with one attached hydrogen (secondary N) is 1. The van der Waals surface area contributed by atoms with Crippen LogP contribution in [-0.2, 0) is 0 Å². The van der Waals surface area contributed by atoms with Crippen LogP contribution in [0.2, 0.25) is 0 Å². The van der Waals surface area contributed by atoms with Crippen molar-refractivity contribution in [2.75, 3.05) is 7.11 Å². The number of carbonyl (C=O) groups is 1. The zero-order valence-corrected chi connectivity index (χ0v) is 16.9. The number of aromatic nitrogens is 1. The Hall–Kier alpha value is -3.51. The van der Waals surface area contributed by atoms with Gasteiger partial charge in [-0.2, -0.15) is 5.10 Å². The number of para-hydroxylation sites is 2. The molecular weight excluding hydrogens is 382 g/mol. The van der Waals surface area contributed by atoms with E-state index in [9.17, 15) is 4.79 Å². The van der Waals surface area contributed by atoms with Gasteiger partial charge in [0.2, 0.25) is 0 Å². The summed E-state index contributed by atoms with van der Waals surface area (Å²) in [5.74, 6) is 0.414. The lowest BCUT2D eigenvalue weighted by Gasteiger charge is -2.11. The van der Waals surface area contributed by atoms with Crippen LogP contribution in [-0.4, -0.2) is 24.2 Å². The van der Waals surface area contributed by atoms with Gasteiger partial charge in [0.25, 0.3) is 5.91 Å². The van der Waals surface area contributed by atoms with Crippen LogP contribution in [0.1, 0.15) is 20.1 Å². The Labute approximate surface area is 172 Å². The first-order valence-electron chi connectivity index (χ1n) is 9.09. The van der Waals surface area contributed by atoms with Crippen molar-refractivity contribution in [3.05, 3.63) is 82.0 Å². The van der Waals surface area contributed by atoms with Gasteiger partial charge in [-0.1, -0.05) is 30.3 Å². The maximum absolute atomic E-state index is 12.9. The zero-order chi connectivity index (χ0) is 20.2. The number of hydrogen-bond donors (Lipinski definition) is 1. The summed E-state index contributed by atoms with van der Waals surface area (Å²) in [7, 11) is 1.62. The lowest BCUT2D eigenvalue weighted by molar-refractivity contribution is 0.0956. The molecule has 5 nitrogen and oxygen atoms in total. The van der Waals surface area contributed by atoms with Crippen molar-refractivity contribution in [3.63, 3.8) is 0 Å². The van der Waals surface area contributed by atoms with E-state index in [4.69, 9.17) is 9.72 Å². The third-order valence-electron chi connectivity index (χ3n) is 4.46. The number of pyridine rings is 1. The van der Waals surface area contributed by atoms with Gasteiger partial charge >= 0.3 is 0 Å². The number of methoxy groups -OCH3 is 1. The van der Waals surface area contributed by atoms with Crippen LogP contribution in [0, 0.1) is 6.92 Å². The minimum Gasteiger partial charge on any atom is -0.496 e. The molecular formula is C23H19N3O2S. The Morgan fingerprint density at radius 3 is 2.69 bits per heavy atom.